The van der Waals surface area contributed by atoms with Gasteiger partial charge >= 0.3 is 0 Å². The summed E-state index contributed by atoms with van der Waals surface area (Å²) in [5, 5.41) is 8.66. The number of aromatic nitrogens is 4. The quantitative estimate of drug-likeness (QED) is 0.713. The van der Waals surface area contributed by atoms with E-state index in [9.17, 15) is 0 Å². The van der Waals surface area contributed by atoms with E-state index in [4.69, 9.17) is 9.72 Å². The molecule has 0 bridgehead atoms. The topological polar surface area (TPSA) is 68.1 Å². The minimum atomic E-state index is 0.614. The SMILES string of the molecule is CCN(CC)c1nc(NCc2ccccc2OC)c2cnn(C)c2n1. The molecule has 2 aromatic heterocycles. The van der Waals surface area contributed by atoms with Gasteiger partial charge in [0.05, 0.1) is 18.7 Å². The van der Waals surface area contributed by atoms with Crippen molar-refractivity contribution in [2.24, 2.45) is 7.05 Å². The molecule has 3 aromatic rings. The summed E-state index contributed by atoms with van der Waals surface area (Å²) in [5.74, 6) is 2.35. The van der Waals surface area contributed by atoms with E-state index in [-0.39, 0.29) is 0 Å². The average Bonchev–Trinajstić information content (AvgIpc) is 3.02. The highest BCUT2D eigenvalue weighted by Crippen LogP contribution is 2.25. The van der Waals surface area contributed by atoms with E-state index in [1.807, 2.05) is 31.3 Å². The van der Waals surface area contributed by atoms with Crippen LogP contribution in [0.4, 0.5) is 11.8 Å². The van der Waals surface area contributed by atoms with Crippen molar-refractivity contribution in [3.63, 3.8) is 0 Å². The average molecular weight is 340 g/mol. The van der Waals surface area contributed by atoms with E-state index < -0.39 is 0 Å². The molecular formula is C18H24N6O. The van der Waals surface area contributed by atoms with Crippen molar-refractivity contribution in [3.8, 4) is 5.75 Å². The molecule has 2 heterocycles. The summed E-state index contributed by atoms with van der Waals surface area (Å²) in [6.07, 6.45) is 1.80. The number of nitrogens with zero attached hydrogens (tertiary/aromatic N) is 5. The number of rotatable bonds is 7. The van der Waals surface area contributed by atoms with Gasteiger partial charge in [-0.25, -0.2) is 0 Å². The van der Waals surface area contributed by atoms with Crippen LogP contribution in [0.3, 0.4) is 0 Å². The van der Waals surface area contributed by atoms with Gasteiger partial charge in [0.25, 0.3) is 0 Å². The van der Waals surface area contributed by atoms with Crippen molar-refractivity contribution >= 4 is 22.8 Å². The lowest BCUT2D eigenvalue weighted by Gasteiger charge is -2.19. The Bertz CT molecular complexity index is 856. The summed E-state index contributed by atoms with van der Waals surface area (Å²) in [6.45, 7) is 6.52. The van der Waals surface area contributed by atoms with Gasteiger partial charge in [-0.15, -0.1) is 0 Å². The first kappa shape index (κ1) is 17.0. The molecule has 0 amide bonds. The molecule has 3 rings (SSSR count). The summed E-state index contributed by atoms with van der Waals surface area (Å²) >= 11 is 0. The van der Waals surface area contributed by atoms with Crippen LogP contribution in [0.15, 0.2) is 30.5 Å². The fourth-order valence-electron chi connectivity index (χ4n) is 2.82. The highest BCUT2D eigenvalue weighted by molar-refractivity contribution is 5.87. The Morgan fingerprint density at radius 2 is 1.92 bits per heavy atom. The van der Waals surface area contributed by atoms with Crippen LogP contribution in [0.5, 0.6) is 5.75 Å². The molecule has 0 atom stereocenters. The third-order valence-electron chi connectivity index (χ3n) is 4.27. The third-order valence-corrected chi connectivity index (χ3v) is 4.27. The summed E-state index contributed by atoms with van der Waals surface area (Å²) in [6, 6.07) is 7.96. The smallest absolute Gasteiger partial charge is 0.229 e. The number of benzene rings is 1. The third kappa shape index (κ3) is 3.35. The maximum Gasteiger partial charge on any atom is 0.229 e. The largest absolute Gasteiger partial charge is 0.496 e. The highest BCUT2D eigenvalue weighted by atomic mass is 16.5. The zero-order chi connectivity index (χ0) is 17.8. The number of anilines is 2. The van der Waals surface area contributed by atoms with Crippen LogP contribution in [0, 0.1) is 0 Å². The van der Waals surface area contributed by atoms with E-state index in [1.165, 1.54) is 0 Å². The molecule has 132 valence electrons. The monoisotopic (exact) mass is 340 g/mol. The van der Waals surface area contributed by atoms with Crippen LogP contribution < -0.4 is 15.0 Å². The van der Waals surface area contributed by atoms with Gasteiger partial charge in [-0.2, -0.15) is 15.1 Å². The molecule has 0 radical (unpaired) electrons. The summed E-state index contributed by atoms with van der Waals surface area (Å²) in [7, 11) is 3.58. The second-order valence-corrected chi connectivity index (χ2v) is 5.72. The first-order valence-corrected chi connectivity index (χ1v) is 8.48. The lowest BCUT2D eigenvalue weighted by atomic mass is 10.2. The number of methoxy groups -OCH3 is 1. The molecular weight excluding hydrogens is 316 g/mol. The minimum Gasteiger partial charge on any atom is -0.496 e. The maximum atomic E-state index is 5.42. The second kappa shape index (κ2) is 7.38. The van der Waals surface area contributed by atoms with Crippen molar-refractivity contribution in [1.82, 2.24) is 19.7 Å². The van der Waals surface area contributed by atoms with Gasteiger partial charge in [0, 0.05) is 32.2 Å². The zero-order valence-corrected chi connectivity index (χ0v) is 15.2. The molecule has 7 nitrogen and oxygen atoms in total. The first-order valence-electron chi connectivity index (χ1n) is 8.48. The van der Waals surface area contributed by atoms with Crippen molar-refractivity contribution in [2.75, 3.05) is 30.4 Å². The van der Waals surface area contributed by atoms with E-state index in [0.717, 1.165) is 41.3 Å². The minimum absolute atomic E-state index is 0.614. The standard InChI is InChI=1S/C18H24N6O/c1-5-24(6-2)18-21-16(14-12-20-23(3)17(14)22-18)19-11-13-9-7-8-10-15(13)25-4/h7-10,12H,5-6,11H2,1-4H3,(H,19,21,22). The summed E-state index contributed by atoms with van der Waals surface area (Å²) in [5.41, 5.74) is 1.89. The van der Waals surface area contributed by atoms with Crippen LogP contribution >= 0.6 is 0 Å². The van der Waals surface area contributed by atoms with Crippen LogP contribution in [0.1, 0.15) is 19.4 Å². The van der Waals surface area contributed by atoms with Gasteiger partial charge in [-0.1, -0.05) is 18.2 Å². The van der Waals surface area contributed by atoms with E-state index in [2.05, 4.69) is 34.1 Å². The van der Waals surface area contributed by atoms with E-state index in [1.54, 1.807) is 18.0 Å². The predicted molar refractivity (Wildman–Crippen MR) is 100 cm³/mol. The Morgan fingerprint density at radius 1 is 1.16 bits per heavy atom. The molecule has 0 aliphatic rings. The Balaban J connectivity index is 1.97. The number of ether oxygens (including phenoxy) is 1. The van der Waals surface area contributed by atoms with E-state index >= 15 is 0 Å². The second-order valence-electron chi connectivity index (χ2n) is 5.72. The number of hydrogen-bond acceptors (Lipinski definition) is 6. The molecule has 1 aromatic carbocycles. The maximum absolute atomic E-state index is 5.42. The molecule has 0 spiro atoms. The lowest BCUT2D eigenvalue weighted by Crippen LogP contribution is -2.24. The van der Waals surface area contributed by atoms with Crippen molar-refractivity contribution in [1.29, 1.82) is 0 Å². The Kier molecular flexibility index (Phi) is 5.02. The fraction of sp³-hybridized carbons (Fsp3) is 0.389. The Hall–Kier alpha value is -2.83. The van der Waals surface area contributed by atoms with Gasteiger partial charge in [-0.05, 0) is 19.9 Å². The van der Waals surface area contributed by atoms with Crippen molar-refractivity contribution in [2.45, 2.75) is 20.4 Å². The fourth-order valence-corrected chi connectivity index (χ4v) is 2.82. The number of nitrogens with one attached hydrogen (secondary N) is 1. The summed E-state index contributed by atoms with van der Waals surface area (Å²) < 4.78 is 7.20. The molecule has 7 heteroatoms. The Labute approximate surface area is 147 Å². The van der Waals surface area contributed by atoms with Gasteiger partial charge in [0.1, 0.15) is 11.6 Å². The molecule has 0 aliphatic heterocycles. The van der Waals surface area contributed by atoms with E-state index in [0.29, 0.717) is 12.5 Å². The lowest BCUT2D eigenvalue weighted by molar-refractivity contribution is 0.410. The normalized spacial score (nSPS) is 10.9. The predicted octanol–water partition coefficient (Wildman–Crippen LogP) is 2.83. The number of fused-ring (bicyclic) bond motifs is 1. The molecule has 25 heavy (non-hydrogen) atoms. The van der Waals surface area contributed by atoms with Crippen molar-refractivity contribution < 1.29 is 4.74 Å². The highest BCUT2D eigenvalue weighted by Gasteiger charge is 2.15. The summed E-state index contributed by atoms with van der Waals surface area (Å²) in [4.78, 5) is 11.5. The molecule has 0 aliphatic carbocycles. The van der Waals surface area contributed by atoms with Crippen LogP contribution in [-0.4, -0.2) is 39.9 Å². The van der Waals surface area contributed by atoms with Crippen LogP contribution in [0.2, 0.25) is 0 Å². The number of para-hydroxylation sites is 1. The molecule has 0 fully saturated rings. The molecule has 0 saturated carbocycles. The Morgan fingerprint density at radius 3 is 2.64 bits per heavy atom. The van der Waals surface area contributed by atoms with Gasteiger partial charge in [0.15, 0.2) is 5.65 Å². The molecule has 0 saturated heterocycles. The number of hydrogen-bond donors (Lipinski definition) is 1. The molecule has 1 N–H and O–H groups in total. The van der Waals surface area contributed by atoms with Crippen LogP contribution in [0.25, 0.3) is 11.0 Å². The van der Waals surface area contributed by atoms with Gasteiger partial charge in [-0.3, -0.25) is 4.68 Å². The number of aryl methyl sites for hydroxylation is 1. The van der Waals surface area contributed by atoms with Gasteiger partial charge in [0.2, 0.25) is 5.95 Å². The van der Waals surface area contributed by atoms with Crippen LogP contribution in [-0.2, 0) is 13.6 Å². The zero-order valence-electron chi connectivity index (χ0n) is 15.2. The molecule has 0 unspecified atom stereocenters. The van der Waals surface area contributed by atoms with Gasteiger partial charge < -0.3 is 15.0 Å². The van der Waals surface area contributed by atoms with Crippen molar-refractivity contribution in [3.05, 3.63) is 36.0 Å². The first-order chi connectivity index (χ1) is 12.2.